The largest absolute Gasteiger partial charge is 0.525 e. The SMILES string of the molecule is O=C1C2C3C=CC(O3)C2C(=O)N1OOS(=O)(=O)C(F)(F)F. The summed E-state index contributed by atoms with van der Waals surface area (Å²) in [4.78, 5) is 27.6. The Morgan fingerprint density at radius 1 is 1.10 bits per heavy atom. The Labute approximate surface area is 115 Å². The zero-order chi connectivity index (χ0) is 15.6. The van der Waals surface area contributed by atoms with Crippen LogP contribution in [0.25, 0.3) is 0 Å². The standard InChI is InChI=1S/C9H6F3NO7S/c10-9(11,12)21(16,17)20-19-13-7(14)5-3-1-2-4(18-3)6(5)8(13)15/h1-6H. The second kappa shape index (κ2) is 4.25. The van der Waals surface area contributed by atoms with Crippen LogP contribution in [-0.4, -0.2) is 43.0 Å². The summed E-state index contributed by atoms with van der Waals surface area (Å²) in [6, 6.07) is 0. The first-order valence-electron chi connectivity index (χ1n) is 5.52. The van der Waals surface area contributed by atoms with Gasteiger partial charge in [0.2, 0.25) is 0 Å². The molecule has 3 aliphatic rings. The molecule has 4 atom stereocenters. The maximum absolute atomic E-state index is 12.1. The minimum Gasteiger partial charge on any atom is -0.365 e. The van der Waals surface area contributed by atoms with E-state index >= 15 is 0 Å². The topological polar surface area (TPSA) is 99.2 Å². The number of hydrogen-bond acceptors (Lipinski definition) is 7. The summed E-state index contributed by atoms with van der Waals surface area (Å²) in [6.07, 6.45) is 1.69. The summed E-state index contributed by atoms with van der Waals surface area (Å²) in [5.41, 5.74) is -5.74. The summed E-state index contributed by atoms with van der Waals surface area (Å²) in [5, 5.41) is -0.117. The Hall–Kier alpha value is -1.50. The molecule has 2 saturated heterocycles. The third-order valence-corrected chi connectivity index (χ3v) is 4.16. The molecule has 8 nitrogen and oxygen atoms in total. The van der Waals surface area contributed by atoms with Gasteiger partial charge in [0.1, 0.15) is 0 Å². The predicted molar refractivity (Wildman–Crippen MR) is 53.8 cm³/mol. The molecule has 2 amide bonds. The van der Waals surface area contributed by atoms with Gasteiger partial charge in [-0.25, -0.2) is 0 Å². The molecule has 0 aromatic carbocycles. The number of nitrogens with zero attached hydrogens (tertiary/aromatic N) is 1. The van der Waals surface area contributed by atoms with Gasteiger partial charge in [-0.3, -0.25) is 9.59 Å². The normalized spacial score (nSPS) is 34.9. The van der Waals surface area contributed by atoms with Gasteiger partial charge in [0.25, 0.3) is 11.8 Å². The molecule has 21 heavy (non-hydrogen) atoms. The lowest BCUT2D eigenvalue weighted by Crippen LogP contribution is -2.37. The Bertz CT molecular complexity index is 612. The van der Waals surface area contributed by atoms with Crippen LogP contribution in [0.4, 0.5) is 13.2 Å². The number of hydrogen-bond donors (Lipinski definition) is 0. The Balaban J connectivity index is 1.74. The Morgan fingerprint density at radius 2 is 1.57 bits per heavy atom. The van der Waals surface area contributed by atoms with Gasteiger partial charge in [0.05, 0.1) is 24.0 Å². The number of amides is 2. The van der Waals surface area contributed by atoms with Crippen LogP contribution in [0.5, 0.6) is 0 Å². The number of ether oxygens (including phenoxy) is 1. The molecule has 0 radical (unpaired) electrons. The van der Waals surface area contributed by atoms with Gasteiger partial charge in [-0.05, 0) is 0 Å². The van der Waals surface area contributed by atoms with E-state index < -0.39 is 51.5 Å². The number of alkyl halides is 3. The van der Waals surface area contributed by atoms with Crippen molar-refractivity contribution in [2.24, 2.45) is 11.8 Å². The molecular formula is C9H6F3NO7S. The van der Waals surface area contributed by atoms with E-state index in [1.54, 1.807) is 0 Å². The summed E-state index contributed by atoms with van der Waals surface area (Å²) in [5.74, 6) is -3.94. The quantitative estimate of drug-likeness (QED) is 0.229. The lowest BCUT2D eigenvalue weighted by molar-refractivity contribution is -0.336. The van der Waals surface area contributed by atoms with Gasteiger partial charge in [-0.2, -0.15) is 21.6 Å². The zero-order valence-electron chi connectivity index (χ0n) is 9.81. The van der Waals surface area contributed by atoms with E-state index in [4.69, 9.17) is 4.74 Å². The van der Waals surface area contributed by atoms with Crippen LogP contribution in [0.2, 0.25) is 0 Å². The first-order valence-corrected chi connectivity index (χ1v) is 6.93. The van der Waals surface area contributed by atoms with Gasteiger partial charge in [-0.15, -0.1) is 5.06 Å². The lowest BCUT2D eigenvalue weighted by Gasteiger charge is -2.15. The van der Waals surface area contributed by atoms with Crippen molar-refractivity contribution in [1.82, 2.24) is 5.06 Å². The van der Waals surface area contributed by atoms with E-state index in [1.807, 2.05) is 0 Å². The average Bonchev–Trinajstić information content (AvgIpc) is 3.01. The first kappa shape index (κ1) is 14.4. The summed E-state index contributed by atoms with van der Waals surface area (Å²) in [6.45, 7) is 0. The van der Waals surface area contributed by atoms with E-state index in [0.29, 0.717) is 0 Å². The molecule has 0 saturated carbocycles. The van der Waals surface area contributed by atoms with E-state index in [1.165, 1.54) is 12.2 Å². The van der Waals surface area contributed by atoms with Crippen LogP contribution >= 0.6 is 0 Å². The molecule has 3 rings (SSSR count). The van der Waals surface area contributed by atoms with Crippen LogP contribution in [0.3, 0.4) is 0 Å². The van der Waals surface area contributed by atoms with Gasteiger partial charge < -0.3 is 4.74 Å². The molecule has 2 fully saturated rings. The number of fused-ring (bicyclic) bond motifs is 5. The van der Waals surface area contributed by atoms with Crippen molar-refractivity contribution in [3.05, 3.63) is 12.2 Å². The molecule has 0 spiro atoms. The smallest absolute Gasteiger partial charge is 0.365 e. The molecule has 0 N–H and O–H groups in total. The molecule has 0 aromatic heterocycles. The number of rotatable bonds is 3. The molecule has 0 aromatic rings. The van der Waals surface area contributed by atoms with Crippen LogP contribution in [-0.2, 0) is 33.8 Å². The number of carbonyl (C=O) groups excluding carboxylic acids is 2. The third-order valence-electron chi connectivity index (χ3n) is 3.35. The minimum absolute atomic E-state index is 0.117. The number of carbonyl (C=O) groups is 2. The second-order valence-corrected chi connectivity index (χ2v) is 6.02. The van der Waals surface area contributed by atoms with Crippen molar-refractivity contribution in [1.29, 1.82) is 0 Å². The predicted octanol–water partition coefficient (Wildman–Crippen LogP) is -0.362. The average molecular weight is 329 g/mol. The van der Waals surface area contributed by atoms with Crippen molar-refractivity contribution in [3.63, 3.8) is 0 Å². The van der Waals surface area contributed by atoms with Crippen molar-refractivity contribution in [2.75, 3.05) is 0 Å². The van der Waals surface area contributed by atoms with Crippen LogP contribution in [0.1, 0.15) is 0 Å². The van der Waals surface area contributed by atoms with Gasteiger partial charge >= 0.3 is 15.6 Å². The van der Waals surface area contributed by atoms with E-state index in [2.05, 4.69) is 9.32 Å². The fourth-order valence-electron chi connectivity index (χ4n) is 2.46. The highest BCUT2D eigenvalue weighted by atomic mass is 32.2. The molecule has 4 unspecified atom stereocenters. The van der Waals surface area contributed by atoms with Crippen molar-refractivity contribution < 1.29 is 45.2 Å². The highest BCUT2D eigenvalue weighted by molar-refractivity contribution is 7.87. The summed E-state index contributed by atoms with van der Waals surface area (Å²) < 4.78 is 66.0. The van der Waals surface area contributed by atoms with E-state index in [-0.39, 0.29) is 5.06 Å². The molecule has 12 heteroatoms. The van der Waals surface area contributed by atoms with E-state index in [0.717, 1.165) is 0 Å². The maximum Gasteiger partial charge on any atom is 0.525 e. The van der Waals surface area contributed by atoms with Gasteiger partial charge in [0, 0.05) is 0 Å². The maximum atomic E-state index is 12.1. The van der Waals surface area contributed by atoms with Crippen LogP contribution in [0, 0.1) is 11.8 Å². The fourth-order valence-corrected chi connectivity index (χ4v) is 2.68. The lowest BCUT2D eigenvalue weighted by atomic mass is 9.85. The van der Waals surface area contributed by atoms with Crippen LogP contribution < -0.4 is 0 Å². The monoisotopic (exact) mass is 329 g/mol. The summed E-state index contributed by atoms with van der Waals surface area (Å²) >= 11 is 0. The molecule has 3 aliphatic heterocycles. The third kappa shape index (κ3) is 1.97. The van der Waals surface area contributed by atoms with Crippen molar-refractivity contribution in [3.8, 4) is 0 Å². The molecular weight excluding hydrogens is 323 g/mol. The highest BCUT2D eigenvalue weighted by Gasteiger charge is 2.62. The number of imide groups is 1. The molecule has 3 heterocycles. The molecule has 2 bridgehead atoms. The van der Waals surface area contributed by atoms with Crippen LogP contribution in [0.15, 0.2) is 12.2 Å². The zero-order valence-corrected chi connectivity index (χ0v) is 10.6. The fraction of sp³-hybridized carbons (Fsp3) is 0.556. The van der Waals surface area contributed by atoms with Crippen molar-refractivity contribution in [2.45, 2.75) is 17.7 Å². The summed E-state index contributed by atoms with van der Waals surface area (Å²) in [7, 11) is -6.08. The molecule has 116 valence electrons. The van der Waals surface area contributed by atoms with Gasteiger partial charge in [-0.1, -0.05) is 21.5 Å². The minimum atomic E-state index is -6.08. The highest BCUT2D eigenvalue weighted by Crippen LogP contribution is 2.45. The van der Waals surface area contributed by atoms with Crippen molar-refractivity contribution >= 4 is 21.9 Å². The van der Waals surface area contributed by atoms with E-state index in [9.17, 15) is 31.2 Å². The number of hydroxylamine groups is 2. The first-order chi connectivity index (χ1) is 9.63. The number of halogens is 3. The van der Waals surface area contributed by atoms with Gasteiger partial charge in [0.15, 0.2) is 0 Å². The Kier molecular flexibility index (Phi) is 2.92. The molecule has 0 aliphatic carbocycles. The second-order valence-electron chi connectivity index (χ2n) is 4.52. The Morgan fingerprint density at radius 3 is 2.00 bits per heavy atom.